The number of benzene rings is 1. The number of aryl methyl sites for hydroxylation is 2. The average Bonchev–Trinajstić information content (AvgIpc) is 2.44. The molecule has 2 N–H and O–H groups in total. The predicted octanol–water partition coefficient (Wildman–Crippen LogP) is 3.96. The van der Waals surface area contributed by atoms with E-state index < -0.39 is 0 Å². The highest BCUT2D eigenvalue weighted by molar-refractivity contribution is 7.99. The van der Waals surface area contributed by atoms with Crippen molar-refractivity contribution in [3.8, 4) is 0 Å². The topological polar surface area (TPSA) is 51.8 Å². The van der Waals surface area contributed by atoms with Crippen LogP contribution < -0.4 is 5.73 Å². The molecule has 2 rings (SSSR count). The summed E-state index contributed by atoms with van der Waals surface area (Å²) >= 11 is 1.59. The van der Waals surface area contributed by atoms with Crippen LogP contribution in [-0.4, -0.2) is 9.97 Å². The van der Waals surface area contributed by atoms with Crippen molar-refractivity contribution in [2.24, 2.45) is 5.73 Å². The lowest BCUT2D eigenvalue weighted by atomic mass is 10.1. The summed E-state index contributed by atoms with van der Waals surface area (Å²) in [5.74, 6) is 0. The molecule has 1 aromatic heterocycles. The summed E-state index contributed by atoms with van der Waals surface area (Å²) in [6, 6.07) is 8.29. The molecule has 0 fully saturated rings. The highest BCUT2D eigenvalue weighted by atomic mass is 32.2. The van der Waals surface area contributed by atoms with E-state index in [1.807, 2.05) is 26.0 Å². The molecule has 0 aliphatic heterocycles. The molecule has 0 saturated carbocycles. The van der Waals surface area contributed by atoms with Gasteiger partial charge in [-0.2, -0.15) is 0 Å². The Bertz CT molecular complexity index is 587. The Hall–Kier alpha value is -1.39. The summed E-state index contributed by atoms with van der Waals surface area (Å²) in [4.78, 5) is 10.3. The first kappa shape index (κ1) is 15.0. The van der Waals surface area contributed by atoms with Gasteiger partial charge in [0.15, 0.2) is 5.16 Å². The molecule has 0 radical (unpaired) electrons. The number of nitrogens with two attached hydrogens (primary N) is 1. The molecule has 0 amide bonds. The van der Waals surface area contributed by atoms with Crippen molar-refractivity contribution in [2.75, 3.05) is 0 Å². The van der Waals surface area contributed by atoms with Gasteiger partial charge in [0.05, 0.1) is 0 Å². The predicted molar refractivity (Wildman–Crippen MR) is 84.0 cm³/mol. The lowest BCUT2D eigenvalue weighted by molar-refractivity contribution is 0.685. The van der Waals surface area contributed by atoms with Crippen LogP contribution in [0.1, 0.15) is 41.9 Å². The van der Waals surface area contributed by atoms with Gasteiger partial charge in [0.25, 0.3) is 0 Å². The molecule has 0 aliphatic carbocycles. The van der Waals surface area contributed by atoms with E-state index in [1.54, 1.807) is 11.8 Å². The highest BCUT2D eigenvalue weighted by Gasteiger charge is 2.12. The van der Waals surface area contributed by atoms with Crippen LogP contribution >= 0.6 is 11.8 Å². The second-order valence-electron chi connectivity index (χ2n) is 4.96. The summed E-state index contributed by atoms with van der Waals surface area (Å²) in [6.45, 7) is 8.21. The van der Waals surface area contributed by atoms with Crippen LogP contribution in [0.3, 0.4) is 0 Å². The fourth-order valence-corrected chi connectivity index (χ4v) is 3.03. The van der Waals surface area contributed by atoms with E-state index in [4.69, 9.17) is 5.73 Å². The van der Waals surface area contributed by atoms with E-state index in [2.05, 4.69) is 35.9 Å². The average molecular weight is 287 g/mol. The van der Waals surface area contributed by atoms with Crippen LogP contribution in [0.5, 0.6) is 0 Å². The zero-order chi connectivity index (χ0) is 14.7. The van der Waals surface area contributed by atoms with Crippen molar-refractivity contribution in [1.82, 2.24) is 9.97 Å². The van der Waals surface area contributed by atoms with Gasteiger partial charge in [0.1, 0.15) is 0 Å². The lowest BCUT2D eigenvalue weighted by Gasteiger charge is -2.14. The molecule has 0 saturated heterocycles. The molecule has 0 aliphatic rings. The Labute approximate surface area is 125 Å². The summed E-state index contributed by atoms with van der Waals surface area (Å²) < 4.78 is 0. The van der Waals surface area contributed by atoms with Crippen LogP contribution in [-0.2, 0) is 0 Å². The summed E-state index contributed by atoms with van der Waals surface area (Å²) in [5.41, 5.74) is 10.6. The van der Waals surface area contributed by atoms with E-state index in [0.29, 0.717) is 0 Å². The van der Waals surface area contributed by atoms with Gasteiger partial charge in [-0.25, -0.2) is 9.97 Å². The third kappa shape index (κ3) is 3.19. The van der Waals surface area contributed by atoms with Gasteiger partial charge in [0, 0.05) is 22.3 Å². The Morgan fingerprint density at radius 2 is 1.70 bits per heavy atom. The normalized spacial score (nSPS) is 12.4. The van der Waals surface area contributed by atoms with Gasteiger partial charge in [-0.05, 0) is 56.1 Å². The Balaban J connectivity index is 2.35. The third-order valence-corrected chi connectivity index (χ3v) is 4.53. The summed E-state index contributed by atoms with van der Waals surface area (Å²) in [5, 5.41) is 0.793. The van der Waals surface area contributed by atoms with Gasteiger partial charge >= 0.3 is 0 Å². The SMILES string of the molecule is CCC(N)c1ccccc1Sc1nc(C)c(C)c(C)n1. The van der Waals surface area contributed by atoms with E-state index in [1.165, 1.54) is 5.56 Å². The number of hydrogen-bond donors (Lipinski definition) is 1. The second kappa shape index (κ2) is 6.37. The lowest BCUT2D eigenvalue weighted by Crippen LogP contribution is -2.09. The molecule has 0 bridgehead atoms. The monoisotopic (exact) mass is 287 g/mol. The first-order valence-electron chi connectivity index (χ1n) is 6.87. The van der Waals surface area contributed by atoms with Gasteiger partial charge in [-0.1, -0.05) is 25.1 Å². The number of nitrogens with zero attached hydrogens (tertiary/aromatic N) is 2. The largest absolute Gasteiger partial charge is 0.324 e. The molecule has 20 heavy (non-hydrogen) atoms. The summed E-state index contributed by atoms with van der Waals surface area (Å²) in [6.07, 6.45) is 0.921. The Morgan fingerprint density at radius 3 is 2.30 bits per heavy atom. The number of rotatable bonds is 4. The zero-order valence-corrected chi connectivity index (χ0v) is 13.3. The van der Waals surface area contributed by atoms with Crippen LogP contribution in [0.4, 0.5) is 0 Å². The molecule has 1 aromatic carbocycles. The molecule has 3 nitrogen and oxygen atoms in total. The first-order chi connectivity index (χ1) is 9.52. The summed E-state index contributed by atoms with van der Waals surface area (Å²) in [7, 11) is 0. The third-order valence-electron chi connectivity index (χ3n) is 3.57. The van der Waals surface area contributed by atoms with Gasteiger partial charge in [-0.3, -0.25) is 0 Å². The zero-order valence-electron chi connectivity index (χ0n) is 12.5. The fourth-order valence-electron chi connectivity index (χ4n) is 1.99. The maximum atomic E-state index is 6.18. The molecule has 1 heterocycles. The molecular weight excluding hydrogens is 266 g/mol. The maximum absolute atomic E-state index is 6.18. The van der Waals surface area contributed by atoms with Crippen LogP contribution in [0.2, 0.25) is 0 Å². The molecule has 2 aromatic rings. The van der Waals surface area contributed by atoms with Gasteiger partial charge < -0.3 is 5.73 Å². The maximum Gasteiger partial charge on any atom is 0.192 e. The van der Waals surface area contributed by atoms with Crippen LogP contribution in [0, 0.1) is 20.8 Å². The number of aromatic nitrogens is 2. The van der Waals surface area contributed by atoms with E-state index in [0.717, 1.165) is 33.4 Å². The van der Waals surface area contributed by atoms with E-state index >= 15 is 0 Å². The molecule has 106 valence electrons. The fraction of sp³-hybridized carbons (Fsp3) is 0.375. The second-order valence-corrected chi connectivity index (χ2v) is 5.97. The standard InChI is InChI=1S/C16H21N3S/c1-5-14(17)13-8-6-7-9-15(13)20-16-18-11(3)10(2)12(4)19-16/h6-9,14H,5,17H2,1-4H3. The molecule has 4 heteroatoms. The Morgan fingerprint density at radius 1 is 1.10 bits per heavy atom. The molecule has 0 spiro atoms. The molecule has 1 atom stereocenters. The quantitative estimate of drug-likeness (QED) is 0.865. The van der Waals surface area contributed by atoms with E-state index in [-0.39, 0.29) is 6.04 Å². The van der Waals surface area contributed by atoms with Gasteiger partial charge in [-0.15, -0.1) is 0 Å². The minimum atomic E-state index is 0.0614. The van der Waals surface area contributed by atoms with Gasteiger partial charge in [0.2, 0.25) is 0 Å². The first-order valence-corrected chi connectivity index (χ1v) is 7.68. The van der Waals surface area contributed by atoms with E-state index in [9.17, 15) is 0 Å². The van der Waals surface area contributed by atoms with Crippen LogP contribution in [0.25, 0.3) is 0 Å². The Kier molecular flexibility index (Phi) is 4.78. The highest BCUT2D eigenvalue weighted by Crippen LogP contribution is 2.32. The minimum Gasteiger partial charge on any atom is -0.324 e. The smallest absolute Gasteiger partial charge is 0.192 e. The number of hydrogen-bond acceptors (Lipinski definition) is 4. The van der Waals surface area contributed by atoms with Crippen LogP contribution in [0.15, 0.2) is 34.3 Å². The molecule has 1 unspecified atom stereocenters. The van der Waals surface area contributed by atoms with Crippen molar-refractivity contribution in [3.05, 3.63) is 46.8 Å². The van der Waals surface area contributed by atoms with Crippen molar-refractivity contribution >= 4 is 11.8 Å². The van der Waals surface area contributed by atoms with Crippen molar-refractivity contribution < 1.29 is 0 Å². The van der Waals surface area contributed by atoms with Crippen molar-refractivity contribution in [1.29, 1.82) is 0 Å². The van der Waals surface area contributed by atoms with Crippen molar-refractivity contribution in [3.63, 3.8) is 0 Å². The molecular formula is C16H21N3S. The minimum absolute atomic E-state index is 0.0614. The van der Waals surface area contributed by atoms with Crippen molar-refractivity contribution in [2.45, 2.75) is 50.2 Å².